The van der Waals surface area contributed by atoms with Crippen LogP contribution in [0.25, 0.3) is 0 Å². The average molecular weight is 445 g/mol. The molecule has 2 unspecified atom stereocenters. The summed E-state index contributed by atoms with van der Waals surface area (Å²) in [5.74, 6) is -1.53. The first-order chi connectivity index (χ1) is 15.6. The van der Waals surface area contributed by atoms with Gasteiger partial charge in [0.25, 0.3) is 0 Å². The molecule has 3 fully saturated rings. The Hall–Kier alpha value is -2.65. The largest absolute Gasteiger partial charge is 0.378 e. The van der Waals surface area contributed by atoms with Crippen LogP contribution >= 0.6 is 0 Å². The molecular weight excluding hydrogens is 412 g/mol. The molecule has 4 rings (SSSR count). The molecule has 2 atom stereocenters. The molecule has 9 nitrogen and oxygen atoms in total. The zero-order valence-electron chi connectivity index (χ0n) is 18.3. The number of likely N-dealkylation sites (tertiary alicyclic amines) is 2. The second kappa shape index (κ2) is 10.3. The normalized spacial score (nSPS) is 24.8. The van der Waals surface area contributed by atoms with Crippen molar-refractivity contribution in [2.75, 3.05) is 52.5 Å². The van der Waals surface area contributed by atoms with E-state index in [9.17, 15) is 19.6 Å². The highest BCUT2D eigenvalue weighted by molar-refractivity contribution is 5.88. The Morgan fingerprint density at radius 2 is 1.50 bits per heavy atom. The van der Waals surface area contributed by atoms with E-state index >= 15 is 0 Å². The van der Waals surface area contributed by atoms with E-state index in [4.69, 9.17) is 4.74 Å². The molecule has 0 aliphatic carbocycles. The Labute approximate surface area is 188 Å². The van der Waals surface area contributed by atoms with E-state index in [0.29, 0.717) is 58.3 Å². The number of hydroxylamine groups is 1. The van der Waals surface area contributed by atoms with Crippen molar-refractivity contribution in [2.24, 2.45) is 11.8 Å². The summed E-state index contributed by atoms with van der Waals surface area (Å²) in [5, 5.41) is 9.28. The van der Waals surface area contributed by atoms with Crippen LogP contribution in [0.2, 0.25) is 0 Å². The predicted molar refractivity (Wildman–Crippen MR) is 116 cm³/mol. The third-order valence-corrected chi connectivity index (χ3v) is 7.01. The molecule has 32 heavy (non-hydrogen) atoms. The zero-order chi connectivity index (χ0) is 22.5. The van der Waals surface area contributed by atoms with Gasteiger partial charge in [-0.2, -0.15) is 0 Å². The van der Waals surface area contributed by atoms with E-state index in [2.05, 4.69) is 12.1 Å². The minimum atomic E-state index is -0.766. The molecule has 1 aromatic carbocycles. The van der Waals surface area contributed by atoms with Crippen molar-refractivity contribution in [2.45, 2.75) is 25.2 Å². The van der Waals surface area contributed by atoms with Gasteiger partial charge in [-0.05, 0) is 30.7 Å². The number of carbonyl (C=O) groups excluding carboxylic acids is 3. The standard InChI is InChI=1S/C23H32N4O5/c28-21(24-31)20-16-27(23(30)26-12-14-32-15-13-26)11-8-19(20)22(29)25-9-6-18(7-10-25)17-4-2-1-3-5-17/h1-5,18-20,31H,6-16H2,(H,24,28). The molecule has 174 valence electrons. The second-order valence-corrected chi connectivity index (χ2v) is 8.82. The van der Waals surface area contributed by atoms with Gasteiger partial charge in [-0.15, -0.1) is 0 Å². The first-order valence-electron chi connectivity index (χ1n) is 11.5. The number of urea groups is 1. The van der Waals surface area contributed by atoms with Crippen molar-refractivity contribution >= 4 is 17.8 Å². The molecule has 3 aliphatic rings. The fourth-order valence-electron chi connectivity index (χ4n) is 5.12. The molecule has 4 amide bonds. The fourth-order valence-corrected chi connectivity index (χ4v) is 5.12. The van der Waals surface area contributed by atoms with Crippen molar-refractivity contribution in [3.8, 4) is 0 Å². The Morgan fingerprint density at radius 3 is 2.16 bits per heavy atom. The minimum Gasteiger partial charge on any atom is -0.378 e. The summed E-state index contributed by atoms with van der Waals surface area (Å²) in [6.07, 6.45) is 2.19. The number of nitrogens with one attached hydrogen (secondary N) is 1. The topological polar surface area (TPSA) is 102 Å². The van der Waals surface area contributed by atoms with Crippen LogP contribution in [0.5, 0.6) is 0 Å². The molecule has 3 heterocycles. The van der Waals surface area contributed by atoms with Gasteiger partial charge in [-0.3, -0.25) is 14.8 Å². The predicted octanol–water partition coefficient (Wildman–Crippen LogP) is 1.29. The molecule has 0 spiro atoms. The molecule has 0 saturated carbocycles. The number of hydrogen-bond donors (Lipinski definition) is 2. The van der Waals surface area contributed by atoms with Gasteiger partial charge < -0.3 is 19.4 Å². The molecular formula is C23H32N4O5. The summed E-state index contributed by atoms with van der Waals surface area (Å²) in [6, 6.07) is 10.2. The average Bonchev–Trinajstić information content (AvgIpc) is 2.88. The van der Waals surface area contributed by atoms with E-state index in [1.54, 1.807) is 15.3 Å². The van der Waals surface area contributed by atoms with Gasteiger partial charge in [0.05, 0.1) is 25.0 Å². The van der Waals surface area contributed by atoms with Crippen LogP contribution in [0.3, 0.4) is 0 Å². The highest BCUT2D eigenvalue weighted by Crippen LogP contribution is 2.32. The molecule has 2 N–H and O–H groups in total. The Kier molecular flexibility index (Phi) is 7.26. The summed E-state index contributed by atoms with van der Waals surface area (Å²) in [5.41, 5.74) is 3.01. The number of carbonyl (C=O) groups is 3. The third kappa shape index (κ3) is 4.88. The Bertz CT molecular complexity index is 806. The SMILES string of the molecule is O=C(NO)C1CN(C(=O)N2CCOCC2)CCC1C(=O)N1CCC(c2ccccc2)CC1. The lowest BCUT2D eigenvalue weighted by Gasteiger charge is -2.42. The van der Waals surface area contributed by atoms with Crippen LogP contribution in [-0.2, 0) is 14.3 Å². The lowest BCUT2D eigenvalue weighted by molar-refractivity contribution is -0.148. The summed E-state index contributed by atoms with van der Waals surface area (Å²) in [6.45, 7) is 3.88. The second-order valence-electron chi connectivity index (χ2n) is 8.82. The van der Waals surface area contributed by atoms with Gasteiger partial charge in [0.15, 0.2) is 0 Å². The number of ether oxygens (including phenoxy) is 1. The van der Waals surface area contributed by atoms with Crippen molar-refractivity contribution in [3.05, 3.63) is 35.9 Å². The van der Waals surface area contributed by atoms with Gasteiger partial charge >= 0.3 is 6.03 Å². The van der Waals surface area contributed by atoms with E-state index in [0.717, 1.165) is 12.8 Å². The molecule has 1 aromatic rings. The van der Waals surface area contributed by atoms with E-state index in [1.165, 1.54) is 5.56 Å². The number of morpholine rings is 1. The summed E-state index contributed by atoms with van der Waals surface area (Å²) in [4.78, 5) is 43.8. The fraction of sp³-hybridized carbons (Fsp3) is 0.609. The number of rotatable bonds is 3. The number of piperidine rings is 2. The summed E-state index contributed by atoms with van der Waals surface area (Å²) >= 11 is 0. The van der Waals surface area contributed by atoms with Gasteiger partial charge in [-0.1, -0.05) is 30.3 Å². The van der Waals surface area contributed by atoms with Crippen LogP contribution in [0, 0.1) is 11.8 Å². The summed E-state index contributed by atoms with van der Waals surface area (Å²) in [7, 11) is 0. The number of hydrogen-bond acceptors (Lipinski definition) is 5. The van der Waals surface area contributed by atoms with E-state index < -0.39 is 17.7 Å². The highest BCUT2D eigenvalue weighted by Gasteiger charge is 2.43. The van der Waals surface area contributed by atoms with Gasteiger partial charge in [0.1, 0.15) is 0 Å². The van der Waals surface area contributed by atoms with Gasteiger partial charge in [0, 0.05) is 39.3 Å². The summed E-state index contributed by atoms with van der Waals surface area (Å²) < 4.78 is 5.31. The van der Waals surface area contributed by atoms with E-state index in [1.807, 2.05) is 23.1 Å². The lowest BCUT2D eigenvalue weighted by atomic mass is 9.82. The minimum absolute atomic E-state index is 0.0522. The van der Waals surface area contributed by atoms with Crippen molar-refractivity contribution < 1.29 is 24.3 Å². The number of benzene rings is 1. The van der Waals surface area contributed by atoms with Crippen LogP contribution in [0.1, 0.15) is 30.7 Å². The molecule has 0 radical (unpaired) electrons. The third-order valence-electron chi connectivity index (χ3n) is 7.01. The molecule has 9 heteroatoms. The quantitative estimate of drug-likeness (QED) is 0.540. The first-order valence-corrected chi connectivity index (χ1v) is 11.5. The Morgan fingerprint density at radius 1 is 0.844 bits per heavy atom. The van der Waals surface area contributed by atoms with E-state index in [-0.39, 0.29) is 18.5 Å². The van der Waals surface area contributed by atoms with Crippen molar-refractivity contribution in [3.63, 3.8) is 0 Å². The monoisotopic (exact) mass is 444 g/mol. The molecule has 3 saturated heterocycles. The zero-order valence-corrected chi connectivity index (χ0v) is 18.3. The van der Waals surface area contributed by atoms with Crippen molar-refractivity contribution in [1.29, 1.82) is 0 Å². The van der Waals surface area contributed by atoms with Crippen LogP contribution in [0.15, 0.2) is 30.3 Å². The maximum absolute atomic E-state index is 13.3. The molecule has 3 aliphatic heterocycles. The number of nitrogens with zero attached hydrogens (tertiary/aromatic N) is 3. The van der Waals surface area contributed by atoms with Gasteiger partial charge in [0.2, 0.25) is 11.8 Å². The Balaban J connectivity index is 1.38. The molecule has 0 aromatic heterocycles. The smallest absolute Gasteiger partial charge is 0.320 e. The highest BCUT2D eigenvalue weighted by atomic mass is 16.5. The van der Waals surface area contributed by atoms with Crippen LogP contribution in [-0.4, -0.2) is 90.2 Å². The lowest BCUT2D eigenvalue weighted by Crippen LogP contribution is -2.57. The van der Waals surface area contributed by atoms with Gasteiger partial charge in [-0.25, -0.2) is 10.3 Å². The number of amides is 4. The first kappa shape index (κ1) is 22.5. The van der Waals surface area contributed by atoms with Crippen molar-refractivity contribution in [1.82, 2.24) is 20.2 Å². The maximum Gasteiger partial charge on any atom is 0.320 e. The maximum atomic E-state index is 13.3. The van der Waals surface area contributed by atoms with Crippen LogP contribution in [0.4, 0.5) is 4.79 Å². The van der Waals surface area contributed by atoms with Crippen LogP contribution < -0.4 is 5.48 Å². The molecule has 0 bridgehead atoms.